The average molecular weight is 398 g/mol. The number of nitrogens with zero attached hydrogens (tertiary/aromatic N) is 1. The van der Waals surface area contributed by atoms with Gasteiger partial charge in [-0.3, -0.25) is 4.79 Å². The summed E-state index contributed by atoms with van der Waals surface area (Å²) in [6.45, 7) is -0.972. The molecule has 0 aliphatic heterocycles. The van der Waals surface area contributed by atoms with Gasteiger partial charge in [-0.25, -0.2) is 4.98 Å². The van der Waals surface area contributed by atoms with Crippen LogP contribution >= 0.6 is 23.4 Å². The standard InChI is InChI=1S/C17H14ClF2N3O2S/c1-9-2-4-12-13(6-9)23-17(22-12)26-8-15(24)21-10-3-5-14(11(18)7-10)25-16(19)20/h2-7,16H,8H2,1H3,(H,21,24)(H,22,23). The molecule has 3 aromatic rings. The lowest BCUT2D eigenvalue weighted by molar-refractivity contribution is -0.113. The molecule has 0 atom stereocenters. The number of thioether (sulfide) groups is 1. The predicted octanol–water partition coefficient (Wildman–Crippen LogP) is 4.86. The Kier molecular flexibility index (Phi) is 5.63. The van der Waals surface area contributed by atoms with Gasteiger partial charge in [0.05, 0.1) is 21.8 Å². The van der Waals surface area contributed by atoms with Crippen LogP contribution in [0.25, 0.3) is 11.0 Å². The molecule has 0 fully saturated rings. The van der Waals surface area contributed by atoms with E-state index in [0.29, 0.717) is 10.8 Å². The number of amides is 1. The van der Waals surface area contributed by atoms with Gasteiger partial charge < -0.3 is 15.0 Å². The van der Waals surface area contributed by atoms with Crippen molar-refractivity contribution in [2.24, 2.45) is 0 Å². The Hall–Kier alpha value is -2.32. The van der Waals surface area contributed by atoms with Gasteiger partial charge in [-0.1, -0.05) is 29.4 Å². The largest absolute Gasteiger partial charge is 0.433 e. The molecule has 0 bridgehead atoms. The number of H-pyrrole nitrogens is 1. The number of fused-ring (bicyclic) bond motifs is 1. The second-order valence-corrected chi connectivity index (χ2v) is 6.79. The zero-order valence-electron chi connectivity index (χ0n) is 13.6. The number of anilines is 1. The van der Waals surface area contributed by atoms with Crippen molar-refractivity contribution in [3.63, 3.8) is 0 Å². The Bertz CT molecular complexity index is 949. The molecule has 1 amide bonds. The van der Waals surface area contributed by atoms with Crippen molar-refractivity contribution in [2.45, 2.75) is 18.7 Å². The summed E-state index contributed by atoms with van der Waals surface area (Å²) >= 11 is 7.12. The van der Waals surface area contributed by atoms with Crippen molar-refractivity contribution in [3.05, 3.63) is 47.0 Å². The molecule has 2 N–H and O–H groups in total. The van der Waals surface area contributed by atoms with E-state index in [0.717, 1.165) is 16.6 Å². The molecule has 0 spiro atoms. The molecule has 0 aliphatic carbocycles. The highest BCUT2D eigenvalue weighted by molar-refractivity contribution is 7.99. The second-order valence-electron chi connectivity index (χ2n) is 5.42. The van der Waals surface area contributed by atoms with Gasteiger partial charge >= 0.3 is 6.61 Å². The summed E-state index contributed by atoms with van der Waals surface area (Å²) in [5.41, 5.74) is 3.25. The lowest BCUT2D eigenvalue weighted by Gasteiger charge is -2.09. The smallest absolute Gasteiger partial charge is 0.387 e. The minimum absolute atomic E-state index is 0.0107. The number of halogens is 3. The number of alkyl halides is 2. The van der Waals surface area contributed by atoms with Gasteiger partial charge in [0.25, 0.3) is 0 Å². The molecule has 0 unspecified atom stereocenters. The fourth-order valence-electron chi connectivity index (χ4n) is 2.27. The van der Waals surface area contributed by atoms with Crippen molar-refractivity contribution in [1.82, 2.24) is 9.97 Å². The molecule has 1 heterocycles. The molecule has 9 heteroatoms. The highest BCUT2D eigenvalue weighted by Gasteiger charge is 2.11. The first-order valence-corrected chi connectivity index (χ1v) is 8.90. The normalized spacial score (nSPS) is 11.1. The highest BCUT2D eigenvalue weighted by atomic mass is 35.5. The maximum atomic E-state index is 12.2. The fraction of sp³-hybridized carbons (Fsp3) is 0.176. The first kappa shape index (κ1) is 18.5. The summed E-state index contributed by atoms with van der Waals surface area (Å²) in [4.78, 5) is 19.6. The van der Waals surface area contributed by atoms with Crippen molar-refractivity contribution in [3.8, 4) is 5.75 Å². The van der Waals surface area contributed by atoms with Crippen LogP contribution in [0.1, 0.15) is 5.56 Å². The van der Waals surface area contributed by atoms with E-state index in [1.165, 1.54) is 30.0 Å². The molecule has 0 radical (unpaired) electrons. The zero-order chi connectivity index (χ0) is 18.7. The van der Waals surface area contributed by atoms with E-state index in [1.807, 2.05) is 25.1 Å². The van der Waals surface area contributed by atoms with E-state index in [9.17, 15) is 13.6 Å². The summed E-state index contributed by atoms with van der Waals surface area (Å²) in [5.74, 6) is -0.289. The summed E-state index contributed by atoms with van der Waals surface area (Å²) in [6, 6.07) is 9.93. The third-order valence-electron chi connectivity index (χ3n) is 3.39. The third kappa shape index (κ3) is 4.64. The van der Waals surface area contributed by atoms with E-state index >= 15 is 0 Å². The molecular formula is C17H14ClF2N3O2S. The van der Waals surface area contributed by atoms with Crippen molar-refractivity contribution >= 4 is 46.0 Å². The van der Waals surface area contributed by atoms with Crippen LogP contribution in [-0.2, 0) is 4.79 Å². The molecule has 0 aliphatic rings. The fourth-order valence-corrected chi connectivity index (χ4v) is 3.18. The topological polar surface area (TPSA) is 67.0 Å². The monoisotopic (exact) mass is 397 g/mol. The number of aromatic amines is 1. The van der Waals surface area contributed by atoms with Gasteiger partial charge in [0, 0.05) is 5.69 Å². The van der Waals surface area contributed by atoms with E-state index in [-0.39, 0.29) is 22.4 Å². The number of carbonyl (C=O) groups is 1. The quantitative estimate of drug-likeness (QED) is 0.583. The van der Waals surface area contributed by atoms with Crippen molar-refractivity contribution in [1.29, 1.82) is 0 Å². The summed E-state index contributed by atoms with van der Waals surface area (Å²) in [6.07, 6.45) is 0. The van der Waals surface area contributed by atoms with Crippen LogP contribution in [0.15, 0.2) is 41.6 Å². The molecular weight excluding hydrogens is 384 g/mol. The first-order valence-electron chi connectivity index (χ1n) is 7.54. The molecule has 136 valence electrons. The third-order valence-corrected chi connectivity index (χ3v) is 4.56. The first-order chi connectivity index (χ1) is 12.4. The lowest BCUT2D eigenvalue weighted by Crippen LogP contribution is -2.14. The van der Waals surface area contributed by atoms with Gasteiger partial charge in [0.1, 0.15) is 5.75 Å². The van der Waals surface area contributed by atoms with Crippen LogP contribution in [0.3, 0.4) is 0 Å². The summed E-state index contributed by atoms with van der Waals surface area (Å²) < 4.78 is 28.7. The summed E-state index contributed by atoms with van der Waals surface area (Å²) in [5, 5.41) is 3.28. The minimum Gasteiger partial charge on any atom is -0.433 e. The molecule has 0 saturated carbocycles. The summed E-state index contributed by atoms with van der Waals surface area (Å²) in [7, 11) is 0. The Balaban J connectivity index is 1.59. The van der Waals surface area contributed by atoms with Gasteiger partial charge in [-0.2, -0.15) is 8.78 Å². The van der Waals surface area contributed by atoms with Crippen LogP contribution in [0.4, 0.5) is 14.5 Å². The highest BCUT2D eigenvalue weighted by Crippen LogP contribution is 2.29. The van der Waals surface area contributed by atoms with Crippen LogP contribution in [0, 0.1) is 6.92 Å². The van der Waals surface area contributed by atoms with E-state index in [1.54, 1.807) is 0 Å². The predicted molar refractivity (Wildman–Crippen MR) is 98.3 cm³/mol. The molecule has 1 aromatic heterocycles. The van der Waals surface area contributed by atoms with Crippen LogP contribution in [-0.4, -0.2) is 28.2 Å². The van der Waals surface area contributed by atoms with Crippen LogP contribution in [0.5, 0.6) is 5.75 Å². The number of hydrogen-bond acceptors (Lipinski definition) is 4. The zero-order valence-corrected chi connectivity index (χ0v) is 15.1. The Morgan fingerprint density at radius 1 is 1.35 bits per heavy atom. The molecule has 5 nitrogen and oxygen atoms in total. The number of rotatable bonds is 6. The molecule has 3 rings (SSSR count). The van der Waals surface area contributed by atoms with Gasteiger partial charge in [0.15, 0.2) is 5.16 Å². The number of imidazole rings is 1. The number of ether oxygens (including phenoxy) is 1. The van der Waals surface area contributed by atoms with E-state index in [4.69, 9.17) is 11.6 Å². The van der Waals surface area contributed by atoms with Gasteiger partial charge in [-0.05, 0) is 42.8 Å². The number of aromatic nitrogens is 2. The molecule has 0 saturated heterocycles. The number of nitrogens with one attached hydrogen (secondary N) is 2. The van der Waals surface area contributed by atoms with Crippen molar-refractivity contribution < 1.29 is 18.3 Å². The average Bonchev–Trinajstić information content (AvgIpc) is 2.97. The maximum absolute atomic E-state index is 12.2. The SMILES string of the molecule is Cc1ccc2nc(SCC(=O)Nc3ccc(OC(F)F)c(Cl)c3)[nH]c2c1. The lowest BCUT2D eigenvalue weighted by atomic mass is 10.2. The van der Waals surface area contributed by atoms with E-state index in [2.05, 4.69) is 20.0 Å². The molecule has 2 aromatic carbocycles. The minimum atomic E-state index is -2.96. The molecule has 26 heavy (non-hydrogen) atoms. The van der Waals surface area contributed by atoms with E-state index < -0.39 is 6.61 Å². The Morgan fingerprint density at radius 3 is 2.88 bits per heavy atom. The van der Waals surface area contributed by atoms with Crippen molar-refractivity contribution in [2.75, 3.05) is 11.1 Å². The van der Waals surface area contributed by atoms with Gasteiger partial charge in [-0.15, -0.1) is 0 Å². The maximum Gasteiger partial charge on any atom is 0.387 e. The Morgan fingerprint density at radius 2 is 2.15 bits per heavy atom. The number of carbonyl (C=O) groups excluding carboxylic acids is 1. The number of hydrogen-bond donors (Lipinski definition) is 2. The number of aryl methyl sites for hydroxylation is 1. The Labute approximate surface area is 157 Å². The van der Waals surface area contributed by atoms with Gasteiger partial charge in [0.2, 0.25) is 5.91 Å². The number of benzene rings is 2. The second kappa shape index (κ2) is 7.92. The van der Waals surface area contributed by atoms with Crippen LogP contribution in [0.2, 0.25) is 5.02 Å². The van der Waals surface area contributed by atoms with Crippen LogP contribution < -0.4 is 10.1 Å².